The summed E-state index contributed by atoms with van der Waals surface area (Å²) in [5, 5.41) is 2.43. The Bertz CT molecular complexity index is 666. The lowest BCUT2D eigenvalue weighted by molar-refractivity contribution is 0.200. The molecule has 0 aromatic heterocycles. The highest BCUT2D eigenvalue weighted by atomic mass is 32.2. The van der Waals surface area contributed by atoms with E-state index in [1.165, 1.54) is 20.5 Å². The number of piperidine rings is 1. The van der Waals surface area contributed by atoms with Gasteiger partial charge in [-0.3, -0.25) is 0 Å². The maximum atomic E-state index is 12.4. The fourth-order valence-corrected chi connectivity index (χ4v) is 3.73. The standard InChI is InChI=1S/C15H22N2O5S/c1-21-13-6-4-5-12(14(13)22-2)16-15(18)17-9-7-11(8-10-17)23(3,19)20/h4-6,11H,7-10H2,1-3H3,(H,16,18). The summed E-state index contributed by atoms with van der Waals surface area (Å²) in [6.45, 7) is 0.825. The van der Waals surface area contributed by atoms with E-state index in [-0.39, 0.29) is 11.3 Å². The van der Waals surface area contributed by atoms with Gasteiger partial charge < -0.3 is 19.7 Å². The zero-order valence-electron chi connectivity index (χ0n) is 13.5. The topological polar surface area (TPSA) is 84.9 Å². The predicted molar refractivity (Wildman–Crippen MR) is 88.0 cm³/mol. The van der Waals surface area contributed by atoms with Crippen molar-refractivity contribution in [2.75, 3.05) is 38.9 Å². The summed E-state index contributed by atoms with van der Waals surface area (Å²) in [6, 6.07) is 4.95. The maximum Gasteiger partial charge on any atom is 0.321 e. The molecule has 1 heterocycles. The highest BCUT2D eigenvalue weighted by Gasteiger charge is 2.29. The second kappa shape index (κ2) is 7.08. The molecule has 0 saturated carbocycles. The Kier molecular flexibility index (Phi) is 5.35. The number of nitrogens with one attached hydrogen (secondary N) is 1. The summed E-state index contributed by atoms with van der Waals surface area (Å²) >= 11 is 0. The van der Waals surface area contributed by atoms with Gasteiger partial charge in [0, 0.05) is 19.3 Å². The number of amides is 2. The third-order valence-corrected chi connectivity index (χ3v) is 5.66. The lowest BCUT2D eigenvalue weighted by Crippen LogP contribution is -2.44. The number of nitrogens with zero attached hydrogens (tertiary/aromatic N) is 1. The predicted octanol–water partition coefficient (Wildman–Crippen LogP) is 1.74. The number of para-hydroxylation sites is 1. The first-order valence-electron chi connectivity index (χ1n) is 7.32. The van der Waals surface area contributed by atoms with Gasteiger partial charge in [-0.2, -0.15) is 0 Å². The number of benzene rings is 1. The van der Waals surface area contributed by atoms with Crippen LogP contribution >= 0.6 is 0 Å². The number of rotatable bonds is 4. The van der Waals surface area contributed by atoms with Crippen molar-refractivity contribution in [2.24, 2.45) is 0 Å². The fraction of sp³-hybridized carbons (Fsp3) is 0.533. The summed E-state index contributed by atoms with van der Waals surface area (Å²) in [4.78, 5) is 14.0. The van der Waals surface area contributed by atoms with Crippen LogP contribution < -0.4 is 14.8 Å². The number of methoxy groups -OCH3 is 2. The number of carbonyl (C=O) groups excluding carboxylic acids is 1. The van der Waals surface area contributed by atoms with Crippen LogP contribution in [-0.4, -0.2) is 58.2 Å². The lowest BCUT2D eigenvalue weighted by atomic mass is 10.1. The Balaban J connectivity index is 2.04. The molecule has 1 N–H and O–H groups in total. The summed E-state index contributed by atoms with van der Waals surface area (Å²) in [7, 11) is -0.0162. The van der Waals surface area contributed by atoms with Crippen LogP contribution in [0.5, 0.6) is 11.5 Å². The first-order valence-corrected chi connectivity index (χ1v) is 9.28. The van der Waals surface area contributed by atoms with Gasteiger partial charge in [0.25, 0.3) is 0 Å². The summed E-state index contributed by atoms with van der Waals surface area (Å²) in [6.07, 6.45) is 2.16. The number of sulfone groups is 1. The highest BCUT2D eigenvalue weighted by Crippen LogP contribution is 2.35. The molecule has 7 nitrogen and oxygen atoms in total. The molecule has 1 fully saturated rings. The van der Waals surface area contributed by atoms with Crippen molar-refractivity contribution in [2.45, 2.75) is 18.1 Å². The van der Waals surface area contributed by atoms with E-state index in [1.807, 2.05) is 0 Å². The minimum atomic E-state index is -3.05. The number of hydrogen-bond acceptors (Lipinski definition) is 5. The van der Waals surface area contributed by atoms with Crippen LogP contribution in [0.1, 0.15) is 12.8 Å². The fourth-order valence-electron chi connectivity index (χ4n) is 2.67. The molecule has 23 heavy (non-hydrogen) atoms. The quantitative estimate of drug-likeness (QED) is 0.901. The number of carbonyl (C=O) groups is 1. The Morgan fingerprint density at radius 2 is 1.87 bits per heavy atom. The molecular weight excluding hydrogens is 320 g/mol. The molecule has 1 aliphatic rings. The average molecular weight is 342 g/mol. The molecule has 0 radical (unpaired) electrons. The van der Waals surface area contributed by atoms with E-state index in [0.717, 1.165) is 0 Å². The monoisotopic (exact) mass is 342 g/mol. The molecule has 2 rings (SSSR count). The van der Waals surface area contributed by atoms with Crippen LogP contribution in [0.25, 0.3) is 0 Å². The zero-order valence-corrected chi connectivity index (χ0v) is 14.4. The molecular formula is C15H22N2O5S. The number of likely N-dealkylation sites (tertiary alicyclic amines) is 1. The Hall–Kier alpha value is -1.96. The van der Waals surface area contributed by atoms with Crippen molar-refractivity contribution >= 4 is 21.6 Å². The van der Waals surface area contributed by atoms with E-state index in [2.05, 4.69) is 5.32 Å². The lowest BCUT2D eigenvalue weighted by Gasteiger charge is -2.31. The van der Waals surface area contributed by atoms with E-state index in [0.29, 0.717) is 43.1 Å². The smallest absolute Gasteiger partial charge is 0.321 e. The minimum absolute atomic E-state index is 0.275. The van der Waals surface area contributed by atoms with E-state index < -0.39 is 9.84 Å². The molecule has 8 heteroatoms. The normalized spacial score (nSPS) is 16.0. The molecule has 2 amide bonds. The number of hydrogen-bond donors (Lipinski definition) is 1. The molecule has 128 valence electrons. The Labute approximate surface area is 136 Å². The molecule has 1 saturated heterocycles. The Morgan fingerprint density at radius 3 is 2.39 bits per heavy atom. The van der Waals surface area contributed by atoms with Gasteiger partial charge in [0.05, 0.1) is 25.2 Å². The Morgan fingerprint density at radius 1 is 1.22 bits per heavy atom. The largest absolute Gasteiger partial charge is 0.493 e. The number of anilines is 1. The van der Waals surface area contributed by atoms with Gasteiger partial charge in [0.15, 0.2) is 11.5 Å². The van der Waals surface area contributed by atoms with Gasteiger partial charge in [0.1, 0.15) is 9.84 Å². The van der Waals surface area contributed by atoms with Crippen molar-refractivity contribution < 1.29 is 22.7 Å². The molecule has 0 spiro atoms. The zero-order chi connectivity index (χ0) is 17.0. The number of ether oxygens (including phenoxy) is 2. The first kappa shape index (κ1) is 17.4. The van der Waals surface area contributed by atoms with E-state index in [9.17, 15) is 13.2 Å². The van der Waals surface area contributed by atoms with Crippen LogP contribution in [0, 0.1) is 0 Å². The number of urea groups is 1. The SMILES string of the molecule is COc1cccc(NC(=O)N2CCC(S(C)(=O)=O)CC2)c1OC. The second-order valence-corrected chi connectivity index (χ2v) is 7.81. The van der Waals surface area contributed by atoms with Gasteiger partial charge >= 0.3 is 6.03 Å². The van der Waals surface area contributed by atoms with Gasteiger partial charge in [-0.05, 0) is 25.0 Å². The molecule has 0 bridgehead atoms. The van der Waals surface area contributed by atoms with Crippen molar-refractivity contribution in [3.8, 4) is 11.5 Å². The molecule has 1 aromatic carbocycles. The van der Waals surface area contributed by atoms with Crippen molar-refractivity contribution in [3.05, 3.63) is 18.2 Å². The maximum absolute atomic E-state index is 12.4. The molecule has 0 atom stereocenters. The van der Waals surface area contributed by atoms with E-state index in [4.69, 9.17) is 9.47 Å². The molecule has 0 unspecified atom stereocenters. The van der Waals surface area contributed by atoms with Crippen LogP contribution in [0.15, 0.2) is 18.2 Å². The van der Waals surface area contributed by atoms with Gasteiger partial charge in [-0.15, -0.1) is 0 Å². The van der Waals surface area contributed by atoms with Gasteiger partial charge in [0.2, 0.25) is 0 Å². The highest BCUT2D eigenvalue weighted by molar-refractivity contribution is 7.91. The second-order valence-electron chi connectivity index (χ2n) is 5.49. The van der Waals surface area contributed by atoms with E-state index in [1.54, 1.807) is 23.1 Å². The first-order chi connectivity index (χ1) is 10.9. The van der Waals surface area contributed by atoms with Crippen LogP contribution in [0.2, 0.25) is 0 Å². The molecule has 1 aliphatic heterocycles. The summed E-state index contributed by atoms with van der Waals surface area (Å²) in [5.74, 6) is 0.982. The van der Waals surface area contributed by atoms with Gasteiger partial charge in [-0.25, -0.2) is 13.2 Å². The van der Waals surface area contributed by atoms with Crippen LogP contribution in [-0.2, 0) is 9.84 Å². The third kappa shape index (κ3) is 4.07. The van der Waals surface area contributed by atoms with Crippen molar-refractivity contribution in [1.29, 1.82) is 0 Å². The van der Waals surface area contributed by atoms with Crippen LogP contribution in [0.4, 0.5) is 10.5 Å². The molecule has 1 aromatic rings. The summed E-state index contributed by atoms with van der Waals surface area (Å²) < 4.78 is 33.6. The third-order valence-electron chi connectivity index (χ3n) is 3.98. The van der Waals surface area contributed by atoms with Crippen LogP contribution in [0.3, 0.4) is 0 Å². The average Bonchev–Trinajstić information content (AvgIpc) is 2.53. The van der Waals surface area contributed by atoms with Crippen molar-refractivity contribution in [3.63, 3.8) is 0 Å². The summed E-state index contributed by atoms with van der Waals surface area (Å²) in [5.41, 5.74) is 0.516. The van der Waals surface area contributed by atoms with Gasteiger partial charge in [-0.1, -0.05) is 6.07 Å². The molecule has 0 aliphatic carbocycles. The van der Waals surface area contributed by atoms with Crippen molar-refractivity contribution in [1.82, 2.24) is 4.90 Å². The minimum Gasteiger partial charge on any atom is -0.493 e. The van der Waals surface area contributed by atoms with E-state index >= 15 is 0 Å².